The standard InChI is InChI=1S/C24H20FN3OS/c1-28(2)20-14-12-19(13-15-20)26-24-27-21(16-6-4-3-5-7-16)23(30-24)22(29)17-8-10-18(25)11-9-17/h3-15H,1-2H3,(H,26,27). The smallest absolute Gasteiger partial charge is 0.205 e. The fourth-order valence-corrected chi connectivity index (χ4v) is 3.99. The summed E-state index contributed by atoms with van der Waals surface area (Å²) in [6, 6.07) is 23.1. The topological polar surface area (TPSA) is 45.2 Å². The molecule has 0 fully saturated rings. The number of rotatable bonds is 6. The Bertz CT molecular complexity index is 1150. The van der Waals surface area contributed by atoms with Gasteiger partial charge in [0.1, 0.15) is 10.7 Å². The van der Waals surface area contributed by atoms with Gasteiger partial charge in [0, 0.05) is 36.6 Å². The zero-order valence-electron chi connectivity index (χ0n) is 16.6. The lowest BCUT2D eigenvalue weighted by Gasteiger charge is -2.12. The minimum Gasteiger partial charge on any atom is -0.378 e. The quantitative estimate of drug-likeness (QED) is 0.392. The number of ketones is 1. The van der Waals surface area contributed by atoms with Gasteiger partial charge in [-0.1, -0.05) is 41.7 Å². The summed E-state index contributed by atoms with van der Waals surface area (Å²) in [7, 11) is 3.98. The highest BCUT2D eigenvalue weighted by atomic mass is 32.1. The van der Waals surface area contributed by atoms with E-state index < -0.39 is 0 Å². The van der Waals surface area contributed by atoms with E-state index >= 15 is 0 Å². The molecule has 1 N–H and O–H groups in total. The lowest BCUT2D eigenvalue weighted by Crippen LogP contribution is -2.08. The molecule has 0 aliphatic heterocycles. The van der Waals surface area contributed by atoms with Crippen LogP contribution in [-0.4, -0.2) is 24.9 Å². The first-order valence-corrected chi connectivity index (χ1v) is 10.2. The molecule has 4 nitrogen and oxygen atoms in total. The summed E-state index contributed by atoms with van der Waals surface area (Å²) < 4.78 is 13.3. The van der Waals surface area contributed by atoms with Crippen molar-refractivity contribution < 1.29 is 9.18 Å². The van der Waals surface area contributed by atoms with Gasteiger partial charge in [0.05, 0.1) is 5.69 Å². The molecule has 0 spiro atoms. The van der Waals surface area contributed by atoms with Crippen LogP contribution in [0.3, 0.4) is 0 Å². The fraction of sp³-hybridized carbons (Fsp3) is 0.0833. The van der Waals surface area contributed by atoms with Crippen molar-refractivity contribution >= 4 is 33.6 Å². The lowest BCUT2D eigenvalue weighted by molar-refractivity contribution is 0.104. The van der Waals surface area contributed by atoms with E-state index in [4.69, 9.17) is 4.98 Å². The van der Waals surface area contributed by atoms with Crippen LogP contribution in [0.25, 0.3) is 11.3 Å². The van der Waals surface area contributed by atoms with Gasteiger partial charge in [-0.2, -0.15) is 0 Å². The molecule has 0 aliphatic rings. The Kier molecular flexibility index (Phi) is 5.59. The first-order chi connectivity index (χ1) is 14.5. The van der Waals surface area contributed by atoms with Gasteiger partial charge in [0.2, 0.25) is 5.78 Å². The number of nitrogens with one attached hydrogen (secondary N) is 1. The largest absolute Gasteiger partial charge is 0.378 e. The number of aromatic nitrogens is 1. The van der Waals surface area contributed by atoms with Gasteiger partial charge in [0.25, 0.3) is 0 Å². The van der Waals surface area contributed by atoms with Crippen LogP contribution in [0.1, 0.15) is 15.2 Å². The monoisotopic (exact) mass is 417 g/mol. The second kappa shape index (κ2) is 8.47. The molecule has 3 aromatic carbocycles. The number of carbonyl (C=O) groups excluding carboxylic acids is 1. The lowest BCUT2D eigenvalue weighted by atomic mass is 10.1. The molecule has 4 rings (SSSR count). The molecule has 1 aromatic heterocycles. The summed E-state index contributed by atoms with van der Waals surface area (Å²) in [5, 5.41) is 3.91. The SMILES string of the molecule is CN(C)c1ccc(Nc2nc(-c3ccccc3)c(C(=O)c3ccc(F)cc3)s2)cc1. The normalized spacial score (nSPS) is 10.6. The van der Waals surface area contributed by atoms with Crippen molar-refractivity contribution in [3.05, 3.63) is 95.1 Å². The molecule has 0 saturated heterocycles. The van der Waals surface area contributed by atoms with Crippen molar-refractivity contribution in [2.24, 2.45) is 0 Å². The van der Waals surface area contributed by atoms with E-state index in [2.05, 4.69) is 5.32 Å². The third kappa shape index (κ3) is 4.23. The molecule has 0 radical (unpaired) electrons. The molecule has 4 aromatic rings. The summed E-state index contributed by atoms with van der Waals surface area (Å²) >= 11 is 1.29. The van der Waals surface area contributed by atoms with Crippen LogP contribution < -0.4 is 10.2 Å². The van der Waals surface area contributed by atoms with Gasteiger partial charge >= 0.3 is 0 Å². The summed E-state index contributed by atoms with van der Waals surface area (Å²) in [5.74, 6) is -0.551. The van der Waals surface area contributed by atoms with Crippen molar-refractivity contribution in [2.75, 3.05) is 24.3 Å². The Labute approximate surface area is 178 Å². The second-order valence-electron chi connectivity index (χ2n) is 6.97. The van der Waals surface area contributed by atoms with Crippen LogP contribution in [0.2, 0.25) is 0 Å². The number of nitrogens with zero attached hydrogens (tertiary/aromatic N) is 2. The predicted octanol–water partition coefficient (Wildman–Crippen LogP) is 5.99. The first kappa shape index (κ1) is 19.8. The number of anilines is 3. The van der Waals surface area contributed by atoms with Gasteiger partial charge in [-0.3, -0.25) is 4.79 Å². The van der Waals surface area contributed by atoms with Crippen LogP contribution in [0, 0.1) is 5.82 Å². The molecule has 6 heteroatoms. The van der Waals surface area contributed by atoms with E-state index in [1.165, 1.54) is 35.6 Å². The van der Waals surface area contributed by atoms with E-state index in [-0.39, 0.29) is 11.6 Å². The molecule has 1 heterocycles. The third-order valence-corrected chi connectivity index (χ3v) is 5.59. The Morgan fingerprint density at radius 1 is 0.933 bits per heavy atom. The summed E-state index contributed by atoms with van der Waals surface area (Å²) in [5.41, 5.74) is 3.88. The third-order valence-electron chi connectivity index (χ3n) is 4.62. The van der Waals surface area contributed by atoms with Crippen molar-refractivity contribution in [3.63, 3.8) is 0 Å². The highest BCUT2D eigenvalue weighted by Crippen LogP contribution is 2.34. The molecule has 0 saturated carbocycles. The van der Waals surface area contributed by atoms with E-state index in [1.807, 2.05) is 73.6 Å². The average Bonchev–Trinajstić information content (AvgIpc) is 3.18. The highest BCUT2D eigenvalue weighted by Gasteiger charge is 2.21. The van der Waals surface area contributed by atoms with Crippen molar-refractivity contribution in [1.29, 1.82) is 0 Å². The number of benzene rings is 3. The minimum absolute atomic E-state index is 0.178. The minimum atomic E-state index is -0.373. The molecule has 150 valence electrons. The summed E-state index contributed by atoms with van der Waals surface area (Å²) in [6.07, 6.45) is 0. The van der Waals surface area contributed by atoms with Gasteiger partial charge in [-0.25, -0.2) is 9.37 Å². The molecular formula is C24H20FN3OS. The van der Waals surface area contributed by atoms with Gasteiger partial charge in [0.15, 0.2) is 5.13 Å². The van der Waals surface area contributed by atoms with Gasteiger partial charge in [-0.15, -0.1) is 0 Å². The van der Waals surface area contributed by atoms with E-state index in [0.29, 0.717) is 21.3 Å². The van der Waals surface area contributed by atoms with Crippen molar-refractivity contribution in [2.45, 2.75) is 0 Å². The molecule has 0 amide bonds. The summed E-state index contributed by atoms with van der Waals surface area (Å²) in [4.78, 5) is 20.4. The second-order valence-corrected chi connectivity index (χ2v) is 7.96. The van der Waals surface area contributed by atoms with Gasteiger partial charge in [-0.05, 0) is 48.5 Å². The number of halogens is 1. The molecule has 0 atom stereocenters. The number of hydrogen-bond donors (Lipinski definition) is 1. The van der Waals surface area contributed by atoms with Crippen molar-refractivity contribution in [3.8, 4) is 11.3 Å². The predicted molar refractivity (Wildman–Crippen MR) is 121 cm³/mol. The fourth-order valence-electron chi connectivity index (χ4n) is 3.02. The van der Waals surface area contributed by atoms with Crippen LogP contribution in [-0.2, 0) is 0 Å². The van der Waals surface area contributed by atoms with Crippen molar-refractivity contribution in [1.82, 2.24) is 4.98 Å². The molecule has 0 aliphatic carbocycles. The molecular weight excluding hydrogens is 397 g/mol. The molecule has 0 bridgehead atoms. The van der Waals surface area contributed by atoms with Crippen LogP contribution in [0.4, 0.5) is 20.9 Å². The first-order valence-electron chi connectivity index (χ1n) is 9.42. The number of thiazole rings is 1. The maximum atomic E-state index is 13.3. The van der Waals surface area contributed by atoms with E-state index in [9.17, 15) is 9.18 Å². The zero-order valence-corrected chi connectivity index (χ0v) is 17.4. The molecule has 0 unspecified atom stereocenters. The van der Waals surface area contributed by atoms with Crippen LogP contribution in [0.5, 0.6) is 0 Å². The maximum absolute atomic E-state index is 13.3. The van der Waals surface area contributed by atoms with E-state index in [0.717, 1.165) is 16.9 Å². The Balaban J connectivity index is 1.70. The van der Waals surface area contributed by atoms with Crippen LogP contribution >= 0.6 is 11.3 Å². The van der Waals surface area contributed by atoms with Gasteiger partial charge < -0.3 is 10.2 Å². The van der Waals surface area contributed by atoms with E-state index in [1.54, 1.807) is 0 Å². The molecule has 30 heavy (non-hydrogen) atoms. The Hall–Kier alpha value is -3.51. The summed E-state index contributed by atoms with van der Waals surface area (Å²) in [6.45, 7) is 0. The maximum Gasteiger partial charge on any atom is 0.205 e. The zero-order chi connectivity index (χ0) is 21.1. The Morgan fingerprint density at radius 3 is 2.23 bits per heavy atom. The van der Waals surface area contributed by atoms with Crippen LogP contribution in [0.15, 0.2) is 78.9 Å². The number of hydrogen-bond acceptors (Lipinski definition) is 5. The number of carbonyl (C=O) groups is 1. The average molecular weight is 418 g/mol. The Morgan fingerprint density at radius 2 is 1.60 bits per heavy atom. The highest BCUT2D eigenvalue weighted by molar-refractivity contribution is 7.18.